The smallest absolute Gasteiger partial charge is 0.257 e. The molecular weight excluding hydrogens is 246 g/mol. The molecule has 0 fully saturated rings. The summed E-state index contributed by atoms with van der Waals surface area (Å²) in [6, 6.07) is 0. The van der Waals surface area contributed by atoms with Crippen LogP contribution in [0, 0.1) is 12.8 Å². The second-order valence-electron chi connectivity index (χ2n) is 3.75. The maximum Gasteiger partial charge on any atom is 0.257 e. The van der Waals surface area contributed by atoms with Crippen LogP contribution < -0.4 is 4.72 Å². The van der Waals surface area contributed by atoms with Gasteiger partial charge in [-0.1, -0.05) is 6.92 Å². The van der Waals surface area contributed by atoms with Gasteiger partial charge in [-0.2, -0.15) is 11.8 Å². The Labute approximate surface area is 100 Å². The van der Waals surface area contributed by atoms with E-state index in [2.05, 4.69) is 14.7 Å². The highest BCUT2D eigenvalue weighted by atomic mass is 32.2. The summed E-state index contributed by atoms with van der Waals surface area (Å²) in [6.07, 6.45) is 3.33. The van der Waals surface area contributed by atoms with Crippen LogP contribution in [0.25, 0.3) is 0 Å². The fraction of sp³-hybridized carbons (Fsp3) is 0.667. The summed E-state index contributed by atoms with van der Waals surface area (Å²) < 4.78 is 26.1. The van der Waals surface area contributed by atoms with E-state index in [0.717, 1.165) is 5.75 Å². The molecule has 0 aliphatic heterocycles. The number of hydrogen-bond acceptors (Lipinski definition) is 4. The minimum atomic E-state index is -3.43. The topological polar surface area (TPSA) is 74.8 Å². The minimum Gasteiger partial charge on any atom is -0.332 e. The first-order valence-electron chi connectivity index (χ1n) is 4.96. The number of H-pyrrole nitrogens is 1. The van der Waals surface area contributed by atoms with Crippen molar-refractivity contribution in [3.8, 4) is 0 Å². The van der Waals surface area contributed by atoms with Crippen LogP contribution >= 0.6 is 11.8 Å². The molecule has 1 rings (SSSR count). The zero-order valence-corrected chi connectivity index (χ0v) is 11.3. The molecule has 5 nitrogen and oxygen atoms in total. The normalized spacial score (nSPS) is 13.9. The van der Waals surface area contributed by atoms with Crippen molar-refractivity contribution in [1.29, 1.82) is 0 Å². The number of aromatic nitrogens is 2. The van der Waals surface area contributed by atoms with Crippen LogP contribution in [0.4, 0.5) is 0 Å². The lowest BCUT2D eigenvalue weighted by Crippen LogP contribution is -2.29. The number of thioether (sulfide) groups is 1. The number of sulfonamides is 1. The van der Waals surface area contributed by atoms with E-state index >= 15 is 0 Å². The summed E-state index contributed by atoms with van der Waals surface area (Å²) in [4.78, 5) is 6.57. The quantitative estimate of drug-likeness (QED) is 0.803. The highest BCUT2D eigenvalue weighted by Gasteiger charge is 2.16. The molecule has 0 aliphatic carbocycles. The summed E-state index contributed by atoms with van der Waals surface area (Å²) in [5.74, 6) is 1.84. The van der Waals surface area contributed by atoms with E-state index in [1.165, 1.54) is 6.20 Å². The number of nitrogens with zero attached hydrogens (tertiary/aromatic N) is 1. The third kappa shape index (κ3) is 3.80. The van der Waals surface area contributed by atoms with Crippen LogP contribution in [-0.4, -0.2) is 36.9 Å². The van der Waals surface area contributed by atoms with Crippen LogP contribution in [0.1, 0.15) is 12.7 Å². The van der Waals surface area contributed by atoms with E-state index in [1.807, 2.05) is 13.2 Å². The van der Waals surface area contributed by atoms with Gasteiger partial charge in [-0.3, -0.25) is 0 Å². The Bertz CT molecular complexity index is 428. The van der Waals surface area contributed by atoms with Gasteiger partial charge in [-0.15, -0.1) is 0 Å². The number of nitrogens with one attached hydrogen (secondary N) is 2. The molecule has 0 aromatic carbocycles. The summed E-state index contributed by atoms with van der Waals surface area (Å²) in [7, 11) is -3.43. The number of rotatable bonds is 6. The Kier molecular flexibility index (Phi) is 4.82. The molecule has 0 aliphatic rings. The van der Waals surface area contributed by atoms with Gasteiger partial charge in [0.15, 0.2) is 5.03 Å². The first-order chi connectivity index (χ1) is 7.45. The predicted molar refractivity (Wildman–Crippen MR) is 66.1 cm³/mol. The lowest BCUT2D eigenvalue weighted by atomic mass is 10.2. The second-order valence-corrected chi connectivity index (χ2v) is 6.39. The Morgan fingerprint density at radius 2 is 2.31 bits per heavy atom. The lowest BCUT2D eigenvalue weighted by Gasteiger charge is -2.10. The van der Waals surface area contributed by atoms with Gasteiger partial charge in [0.05, 0.1) is 6.20 Å². The molecule has 0 saturated heterocycles. The molecule has 0 amide bonds. The fourth-order valence-electron chi connectivity index (χ4n) is 1.21. The molecular formula is C9H17N3O2S2. The SMILES string of the molecule is CSCC(C)CNS(=O)(=O)c1cnc(C)[nH]1. The number of hydrogen-bond donors (Lipinski definition) is 2. The largest absolute Gasteiger partial charge is 0.332 e. The molecule has 2 N–H and O–H groups in total. The maximum absolute atomic E-state index is 11.8. The molecule has 1 aromatic heterocycles. The Hall–Kier alpha value is -0.530. The van der Waals surface area contributed by atoms with Crippen molar-refractivity contribution in [1.82, 2.24) is 14.7 Å². The van der Waals surface area contributed by atoms with Gasteiger partial charge in [0.1, 0.15) is 5.82 Å². The molecule has 1 aromatic rings. The van der Waals surface area contributed by atoms with Crippen LogP contribution in [0.15, 0.2) is 11.2 Å². The fourth-order valence-corrected chi connectivity index (χ4v) is 3.03. The summed E-state index contributed by atoms with van der Waals surface area (Å²) in [5, 5.41) is 0.126. The second kappa shape index (κ2) is 5.70. The standard InChI is InChI=1S/C9H17N3O2S2/c1-7(6-15-3)4-11-16(13,14)9-5-10-8(2)12-9/h5,7,11H,4,6H2,1-3H3,(H,10,12). The third-order valence-electron chi connectivity index (χ3n) is 2.04. The highest BCUT2D eigenvalue weighted by Crippen LogP contribution is 2.07. The Balaban J connectivity index is 2.59. The monoisotopic (exact) mass is 263 g/mol. The van der Waals surface area contributed by atoms with Crippen LogP contribution in [-0.2, 0) is 10.0 Å². The zero-order chi connectivity index (χ0) is 12.2. The van der Waals surface area contributed by atoms with Gasteiger partial charge in [0.2, 0.25) is 0 Å². The van der Waals surface area contributed by atoms with Gasteiger partial charge in [0.25, 0.3) is 10.0 Å². The number of aromatic amines is 1. The Morgan fingerprint density at radius 3 is 2.81 bits per heavy atom. The van der Waals surface area contributed by atoms with E-state index in [0.29, 0.717) is 18.3 Å². The molecule has 1 atom stereocenters. The number of aryl methyl sites for hydroxylation is 1. The van der Waals surface area contributed by atoms with E-state index in [4.69, 9.17) is 0 Å². The zero-order valence-electron chi connectivity index (χ0n) is 9.65. The third-order valence-corrected chi connectivity index (χ3v) is 4.28. The van der Waals surface area contributed by atoms with E-state index in [1.54, 1.807) is 18.7 Å². The van der Waals surface area contributed by atoms with Crippen molar-refractivity contribution in [2.24, 2.45) is 5.92 Å². The van der Waals surface area contributed by atoms with Crippen molar-refractivity contribution in [3.63, 3.8) is 0 Å². The molecule has 0 radical (unpaired) electrons. The molecule has 1 unspecified atom stereocenters. The molecule has 16 heavy (non-hydrogen) atoms. The average molecular weight is 263 g/mol. The van der Waals surface area contributed by atoms with Gasteiger partial charge >= 0.3 is 0 Å². The first-order valence-corrected chi connectivity index (χ1v) is 7.83. The first kappa shape index (κ1) is 13.5. The molecule has 92 valence electrons. The van der Waals surface area contributed by atoms with Gasteiger partial charge in [-0.05, 0) is 24.9 Å². The Morgan fingerprint density at radius 1 is 1.62 bits per heavy atom. The van der Waals surface area contributed by atoms with E-state index < -0.39 is 10.0 Å². The van der Waals surface area contributed by atoms with Gasteiger partial charge in [-0.25, -0.2) is 18.1 Å². The van der Waals surface area contributed by atoms with Crippen molar-refractivity contribution in [3.05, 3.63) is 12.0 Å². The van der Waals surface area contributed by atoms with Gasteiger partial charge in [0, 0.05) is 6.54 Å². The number of imidazole rings is 1. The molecule has 0 spiro atoms. The summed E-state index contributed by atoms with van der Waals surface area (Å²) >= 11 is 1.71. The van der Waals surface area contributed by atoms with Crippen LogP contribution in [0.5, 0.6) is 0 Å². The van der Waals surface area contributed by atoms with Gasteiger partial charge < -0.3 is 4.98 Å². The van der Waals surface area contributed by atoms with Crippen molar-refractivity contribution in [2.75, 3.05) is 18.6 Å². The maximum atomic E-state index is 11.8. The molecule has 7 heteroatoms. The van der Waals surface area contributed by atoms with Crippen LogP contribution in [0.2, 0.25) is 0 Å². The average Bonchev–Trinajstić information content (AvgIpc) is 2.63. The van der Waals surface area contributed by atoms with Crippen molar-refractivity contribution < 1.29 is 8.42 Å². The summed E-state index contributed by atoms with van der Waals surface area (Å²) in [5.41, 5.74) is 0. The summed E-state index contributed by atoms with van der Waals surface area (Å²) in [6.45, 7) is 4.17. The van der Waals surface area contributed by atoms with Crippen molar-refractivity contribution in [2.45, 2.75) is 18.9 Å². The minimum absolute atomic E-state index is 0.126. The lowest BCUT2D eigenvalue weighted by molar-refractivity contribution is 0.560. The van der Waals surface area contributed by atoms with E-state index in [-0.39, 0.29) is 5.03 Å². The van der Waals surface area contributed by atoms with E-state index in [9.17, 15) is 8.42 Å². The molecule has 0 bridgehead atoms. The van der Waals surface area contributed by atoms with Crippen LogP contribution in [0.3, 0.4) is 0 Å². The van der Waals surface area contributed by atoms with Crippen molar-refractivity contribution >= 4 is 21.8 Å². The predicted octanol–water partition coefficient (Wildman–Crippen LogP) is 0.996. The highest BCUT2D eigenvalue weighted by molar-refractivity contribution is 7.98. The molecule has 1 heterocycles. The molecule has 0 saturated carbocycles.